The first kappa shape index (κ1) is 23.1. The van der Waals surface area contributed by atoms with Crippen LogP contribution in [0.1, 0.15) is 0 Å². The van der Waals surface area contributed by atoms with Gasteiger partial charge in [0.1, 0.15) is 0 Å². The maximum absolute atomic E-state index is 8.88. The summed E-state index contributed by atoms with van der Waals surface area (Å²) in [6, 6.07) is 0. The van der Waals surface area contributed by atoms with E-state index in [1.165, 1.54) is 0 Å². The Bertz CT molecular complexity index is 54.7. The summed E-state index contributed by atoms with van der Waals surface area (Å²) < 4.78 is 8.88. The molecule has 0 amide bonds. The third-order valence-corrected chi connectivity index (χ3v) is 0. The van der Waals surface area contributed by atoms with Gasteiger partial charge in [-0.3, -0.25) is 0 Å². The van der Waals surface area contributed by atoms with Crippen molar-refractivity contribution in [3.63, 3.8) is 0 Å². The first-order chi connectivity index (χ1) is 2.00. The van der Waals surface area contributed by atoms with Gasteiger partial charge in [-0.2, -0.15) is 0 Å². The zero-order valence-corrected chi connectivity index (χ0v) is 6.87. The van der Waals surface area contributed by atoms with Crippen LogP contribution in [0.15, 0.2) is 0 Å². The smallest absolute Gasteiger partial charge is 2.00 e. The second kappa shape index (κ2) is 7.91. The molecule has 0 bridgehead atoms. The van der Waals surface area contributed by atoms with Gasteiger partial charge in [-0.15, -0.1) is 0 Å². The summed E-state index contributed by atoms with van der Waals surface area (Å²) in [6.45, 7) is 0. The van der Waals surface area contributed by atoms with E-state index in [1.54, 1.807) is 0 Å². The SMILES string of the molecule is O=P(O)(O)O.[O-2].[O-2].[Zr+4]. The van der Waals surface area contributed by atoms with Crippen LogP contribution in [0.5, 0.6) is 0 Å². The molecule has 3 N–H and O–H groups in total. The molecular weight excluding hydrogens is 218 g/mol. The summed E-state index contributed by atoms with van der Waals surface area (Å²) in [6.07, 6.45) is 0. The number of phosphoric acid groups is 1. The van der Waals surface area contributed by atoms with Gasteiger partial charge >= 0.3 is 34.0 Å². The van der Waals surface area contributed by atoms with Crippen LogP contribution in [0, 0.1) is 0 Å². The Morgan fingerprint density at radius 3 is 1.00 bits per heavy atom. The Hall–Kier alpha value is 0.913. The summed E-state index contributed by atoms with van der Waals surface area (Å²) in [4.78, 5) is 21.6. The molecule has 0 aliphatic rings. The zero-order valence-electron chi connectivity index (χ0n) is 3.51. The van der Waals surface area contributed by atoms with Crippen LogP contribution in [0.25, 0.3) is 0 Å². The van der Waals surface area contributed by atoms with Gasteiger partial charge < -0.3 is 25.6 Å². The standard InChI is InChI=1S/H3O4P.2O.Zr/c1-5(2,3)4;;;/h(H3,1,2,3,4);;;/q;2*-2;+4. The maximum Gasteiger partial charge on any atom is 4.00 e. The normalized spacial score (nSPS) is 7.38. The summed E-state index contributed by atoms with van der Waals surface area (Å²) in [7, 11) is -4.64. The Balaban J connectivity index is -0.0000000267. The predicted octanol–water partition coefficient (Wildman–Crippen LogP) is -1.17. The molecular formula is H3O6PZr. The first-order valence-corrected chi connectivity index (χ1v) is 2.35. The Morgan fingerprint density at radius 2 is 1.00 bits per heavy atom. The second-order valence-corrected chi connectivity index (χ2v) is 1.54. The molecule has 0 spiro atoms. The van der Waals surface area contributed by atoms with E-state index in [0.29, 0.717) is 0 Å². The Kier molecular flexibility index (Phi) is 22.9. The van der Waals surface area contributed by atoms with E-state index in [2.05, 4.69) is 0 Å². The molecule has 0 saturated heterocycles. The molecule has 48 valence electrons. The first-order valence-electron chi connectivity index (χ1n) is 0.783. The quantitative estimate of drug-likeness (QED) is 0.444. The van der Waals surface area contributed by atoms with Gasteiger partial charge in [-0.1, -0.05) is 0 Å². The maximum atomic E-state index is 8.88. The third kappa shape index (κ3) is 290. The number of hydrogen-bond donors (Lipinski definition) is 3. The van der Waals surface area contributed by atoms with Gasteiger partial charge in [0.25, 0.3) is 0 Å². The van der Waals surface area contributed by atoms with Crippen molar-refractivity contribution in [1.82, 2.24) is 0 Å². The zero-order chi connectivity index (χ0) is 4.50. The molecule has 0 aromatic carbocycles. The van der Waals surface area contributed by atoms with E-state index >= 15 is 0 Å². The fourth-order valence-corrected chi connectivity index (χ4v) is 0. The molecule has 0 aliphatic carbocycles. The minimum Gasteiger partial charge on any atom is -2.00 e. The van der Waals surface area contributed by atoms with E-state index in [0.717, 1.165) is 0 Å². The molecule has 8 heteroatoms. The molecule has 0 unspecified atom stereocenters. The van der Waals surface area contributed by atoms with E-state index < -0.39 is 7.82 Å². The molecule has 0 aromatic rings. The van der Waals surface area contributed by atoms with Crippen molar-refractivity contribution in [3.05, 3.63) is 0 Å². The molecule has 0 heterocycles. The fraction of sp³-hybridized carbons (Fsp3) is 0. The van der Waals surface area contributed by atoms with Crippen LogP contribution >= 0.6 is 7.82 Å². The van der Waals surface area contributed by atoms with Crippen LogP contribution in [0.2, 0.25) is 0 Å². The van der Waals surface area contributed by atoms with Crippen molar-refractivity contribution in [3.8, 4) is 0 Å². The summed E-state index contributed by atoms with van der Waals surface area (Å²) >= 11 is 0. The summed E-state index contributed by atoms with van der Waals surface area (Å²) in [5.41, 5.74) is 0. The topological polar surface area (TPSA) is 135 Å². The van der Waals surface area contributed by atoms with Crippen molar-refractivity contribution in [2.75, 3.05) is 0 Å². The Morgan fingerprint density at radius 1 is 1.00 bits per heavy atom. The van der Waals surface area contributed by atoms with Crippen LogP contribution in [-0.2, 0) is 41.7 Å². The monoisotopic (exact) mass is 220 g/mol. The molecule has 0 radical (unpaired) electrons. The van der Waals surface area contributed by atoms with Crippen LogP contribution < -0.4 is 0 Å². The molecule has 0 saturated carbocycles. The molecule has 0 rings (SSSR count). The van der Waals surface area contributed by atoms with Crippen molar-refractivity contribution in [1.29, 1.82) is 0 Å². The van der Waals surface area contributed by atoms with Crippen LogP contribution in [-0.4, -0.2) is 14.7 Å². The van der Waals surface area contributed by atoms with Crippen molar-refractivity contribution in [2.45, 2.75) is 0 Å². The van der Waals surface area contributed by atoms with Gasteiger partial charge in [-0.25, -0.2) is 4.57 Å². The summed E-state index contributed by atoms with van der Waals surface area (Å²) in [5.74, 6) is 0. The fourth-order valence-electron chi connectivity index (χ4n) is 0. The molecule has 0 aromatic heterocycles. The van der Waals surface area contributed by atoms with Crippen molar-refractivity contribution >= 4 is 7.82 Å². The molecule has 6 nitrogen and oxygen atoms in total. The van der Waals surface area contributed by atoms with Gasteiger partial charge in [-0.05, 0) is 0 Å². The van der Waals surface area contributed by atoms with Crippen LogP contribution in [0.3, 0.4) is 0 Å². The number of hydrogen-bond acceptors (Lipinski definition) is 1. The van der Waals surface area contributed by atoms with Gasteiger partial charge in [0.15, 0.2) is 0 Å². The molecule has 0 fully saturated rings. The van der Waals surface area contributed by atoms with E-state index in [1.807, 2.05) is 0 Å². The van der Waals surface area contributed by atoms with Crippen molar-refractivity contribution < 1.29 is 56.4 Å². The van der Waals surface area contributed by atoms with Crippen molar-refractivity contribution in [2.24, 2.45) is 0 Å². The predicted molar refractivity (Wildman–Crippen MR) is 15.6 cm³/mol. The number of rotatable bonds is 0. The van der Waals surface area contributed by atoms with E-state index in [4.69, 9.17) is 19.2 Å². The largest absolute Gasteiger partial charge is 4.00 e. The van der Waals surface area contributed by atoms with E-state index in [9.17, 15) is 0 Å². The molecule has 8 heavy (non-hydrogen) atoms. The summed E-state index contributed by atoms with van der Waals surface area (Å²) in [5, 5.41) is 0. The molecule has 0 aliphatic heterocycles. The Labute approximate surface area is 64.5 Å². The van der Waals surface area contributed by atoms with Gasteiger partial charge in [0.2, 0.25) is 0 Å². The van der Waals surface area contributed by atoms with E-state index in [-0.39, 0.29) is 37.2 Å². The van der Waals surface area contributed by atoms with Crippen LogP contribution in [0.4, 0.5) is 0 Å². The third-order valence-electron chi connectivity index (χ3n) is 0. The average Bonchev–Trinajstić information content (AvgIpc) is 0.722. The minimum atomic E-state index is -4.64. The average molecular weight is 221 g/mol. The molecule has 0 atom stereocenters. The minimum absolute atomic E-state index is 0. The van der Waals surface area contributed by atoms with Gasteiger partial charge in [0, 0.05) is 0 Å². The van der Waals surface area contributed by atoms with Gasteiger partial charge in [0.05, 0.1) is 0 Å². The second-order valence-electron chi connectivity index (χ2n) is 0.513.